The Labute approximate surface area is 143 Å². The minimum atomic E-state index is 0.646. The van der Waals surface area contributed by atoms with Crippen LogP contribution in [0.3, 0.4) is 0 Å². The molecule has 0 bridgehead atoms. The molecule has 0 amide bonds. The van der Waals surface area contributed by atoms with Crippen LogP contribution >= 0.6 is 0 Å². The zero-order valence-corrected chi connectivity index (χ0v) is 14.8. The van der Waals surface area contributed by atoms with Gasteiger partial charge < -0.3 is 19.9 Å². The van der Waals surface area contributed by atoms with Crippen LogP contribution in [-0.2, 0) is 25.9 Å². The monoisotopic (exact) mass is 330 g/mol. The van der Waals surface area contributed by atoms with Gasteiger partial charge >= 0.3 is 0 Å². The maximum absolute atomic E-state index is 5.39. The molecular formula is C18H26N4O2. The SMILES string of the molecule is CCc1noc(CC)c1CNC(=NC)NCc1cccc(OC)c1. The first-order valence-corrected chi connectivity index (χ1v) is 8.25. The zero-order chi connectivity index (χ0) is 17.4. The molecule has 1 heterocycles. The number of ether oxygens (including phenoxy) is 1. The van der Waals surface area contributed by atoms with Crippen LogP contribution in [-0.4, -0.2) is 25.3 Å². The number of aryl methyl sites for hydroxylation is 2. The molecule has 24 heavy (non-hydrogen) atoms. The number of guanidine groups is 1. The second-order valence-electron chi connectivity index (χ2n) is 5.37. The van der Waals surface area contributed by atoms with E-state index in [9.17, 15) is 0 Å². The molecule has 0 aliphatic heterocycles. The van der Waals surface area contributed by atoms with Crippen LogP contribution in [0.25, 0.3) is 0 Å². The molecule has 1 aromatic carbocycles. The molecule has 0 saturated carbocycles. The van der Waals surface area contributed by atoms with Gasteiger partial charge in [0.1, 0.15) is 11.5 Å². The van der Waals surface area contributed by atoms with Crippen molar-refractivity contribution in [2.24, 2.45) is 4.99 Å². The summed E-state index contributed by atoms with van der Waals surface area (Å²) in [5.41, 5.74) is 3.26. The molecule has 1 aromatic heterocycles. The molecule has 130 valence electrons. The average Bonchev–Trinajstić information content (AvgIpc) is 3.04. The van der Waals surface area contributed by atoms with E-state index in [1.54, 1.807) is 14.2 Å². The number of rotatable bonds is 7. The van der Waals surface area contributed by atoms with Crippen molar-refractivity contribution in [1.82, 2.24) is 15.8 Å². The van der Waals surface area contributed by atoms with Gasteiger partial charge in [-0.2, -0.15) is 0 Å². The highest BCUT2D eigenvalue weighted by Crippen LogP contribution is 2.15. The molecule has 2 N–H and O–H groups in total. The van der Waals surface area contributed by atoms with E-state index in [0.29, 0.717) is 13.1 Å². The number of aromatic nitrogens is 1. The lowest BCUT2D eigenvalue weighted by atomic mass is 10.1. The summed E-state index contributed by atoms with van der Waals surface area (Å²) in [5, 5.41) is 10.8. The van der Waals surface area contributed by atoms with E-state index in [1.807, 2.05) is 24.3 Å². The molecule has 6 nitrogen and oxygen atoms in total. The summed E-state index contributed by atoms with van der Waals surface area (Å²) < 4.78 is 10.6. The highest BCUT2D eigenvalue weighted by Gasteiger charge is 2.13. The van der Waals surface area contributed by atoms with Crippen LogP contribution in [0.15, 0.2) is 33.8 Å². The van der Waals surface area contributed by atoms with Crippen LogP contribution in [0.4, 0.5) is 0 Å². The van der Waals surface area contributed by atoms with E-state index in [-0.39, 0.29) is 0 Å². The Hall–Kier alpha value is -2.50. The second kappa shape index (κ2) is 8.96. The quantitative estimate of drug-likeness (QED) is 0.603. The van der Waals surface area contributed by atoms with Crippen molar-refractivity contribution >= 4 is 5.96 Å². The van der Waals surface area contributed by atoms with E-state index >= 15 is 0 Å². The normalized spacial score (nSPS) is 11.4. The first-order chi connectivity index (χ1) is 11.7. The van der Waals surface area contributed by atoms with Crippen LogP contribution < -0.4 is 15.4 Å². The van der Waals surface area contributed by atoms with Gasteiger partial charge in [-0.25, -0.2) is 0 Å². The second-order valence-corrected chi connectivity index (χ2v) is 5.37. The van der Waals surface area contributed by atoms with Gasteiger partial charge in [0.2, 0.25) is 0 Å². The molecular weight excluding hydrogens is 304 g/mol. The maximum atomic E-state index is 5.39. The summed E-state index contributed by atoms with van der Waals surface area (Å²) in [6.07, 6.45) is 1.69. The molecule has 0 aliphatic carbocycles. The van der Waals surface area contributed by atoms with Gasteiger partial charge in [-0.05, 0) is 24.1 Å². The third kappa shape index (κ3) is 4.50. The minimum absolute atomic E-state index is 0.646. The zero-order valence-electron chi connectivity index (χ0n) is 14.8. The molecule has 0 aliphatic rings. The van der Waals surface area contributed by atoms with Gasteiger partial charge in [-0.15, -0.1) is 0 Å². The Kier molecular flexibility index (Phi) is 6.66. The fraction of sp³-hybridized carbons (Fsp3) is 0.444. The molecule has 0 radical (unpaired) electrons. The first-order valence-electron chi connectivity index (χ1n) is 8.25. The number of hydrogen-bond acceptors (Lipinski definition) is 4. The predicted molar refractivity (Wildman–Crippen MR) is 95.3 cm³/mol. The maximum Gasteiger partial charge on any atom is 0.191 e. The molecule has 2 rings (SSSR count). The predicted octanol–water partition coefficient (Wildman–Crippen LogP) is 2.67. The fourth-order valence-electron chi connectivity index (χ4n) is 2.50. The average molecular weight is 330 g/mol. The van der Waals surface area contributed by atoms with Gasteiger partial charge in [0.25, 0.3) is 0 Å². The van der Waals surface area contributed by atoms with Crippen molar-refractivity contribution in [3.8, 4) is 5.75 Å². The molecule has 0 fully saturated rings. The van der Waals surface area contributed by atoms with Crippen LogP contribution in [0.5, 0.6) is 5.75 Å². The molecule has 2 aromatic rings. The number of nitrogens with zero attached hydrogens (tertiary/aromatic N) is 2. The summed E-state index contributed by atoms with van der Waals surface area (Å²) in [7, 11) is 3.43. The summed E-state index contributed by atoms with van der Waals surface area (Å²) in [6.45, 7) is 5.46. The Morgan fingerprint density at radius 2 is 2.00 bits per heavy atom. The van der Waals surface area contributed by atoms with Crippen molar-refractivity contribution in [2.75, 3.05) is 14.2 Å². The van der Waals surface area contributed by atoms with Crippen molar-refractivity contribution in [3.63, 3.8) is 0 Å². The molecule has 0 atom stereocenters. The molecule has 0 unspecified atom stereocenters. The van der Waals surface area contributed by atoms with Crippen LogP contribution in [0, 0.1) is 0 Å². The highest BCUT2D eigenvalue weighted by molar-refractivity contribution is 5.79. The third-order valence-corrected chi connectivity index (χ3v) is 3.86. The Morgan fingerprint density at radius 1 is 1.21 bits per heavy atom. The van der Waals surface area contributed by atoms with E-state index in [4.69, 9.17) is 9.26 Å². The fourth-order valence-corrected chi connectivity index (χ4v) is 2.50. The minimum Gasteiger partial charge on any atom is -0.497 e. The van der Waals surface area contributed by atoms with Crippen LogP contribution in [0.2, 0.25) is 0 Å². The lowest BCUT2D eigenvalue weighted by Crippen LogP contribution is -2.36. The van der Waals surface area contributed by atoms with Gasteiger partial charge in [0.05, 0.1) is 12.8 Å². The third-order valence-electron chi connectivity index (χ3n) is 3.86. The molecule has 6 heteroatoms. The van der Waals surface area contributed by atoms with Crippen molar-refractivity contribution in [2.45, 2.75) is 39.8 Å². The lowest BCUT2D eigenvalue weighted by molar-refractivity contribution is 0.380. The highest BCUT2D eigenvalue weighted by atomic mass is 16.5. The van der Waals surface area contributed by atoms with Crippen LogP contribution in [0.1, 0.15) is 36.4 Å². The summed E-state index contributed by atoms with van der Waals surface area (Å²) in [4.78, 5) is 4.27. The number of aliphatic imine (C=N–C) groups is 1. The standard InChI is InChI=1S/C18H26N4O2/c1-5-16-15(17(6-2)24-22-16)12-21-18(19-3)20-11-13-8-7-9-14(10-13)23-4/h7-10H,5-6,11-12H2,1-4H3,(H2,19,20,21). The van der Waals surface area contributed by atoms with Gasteiger partial charge in [-0.1, -0.05) is 31.1 Å². The van der Waals surface area contributed by atoms with E-state index in [2.05, 4.69) is 34.6 Å². The van der Waals surface area contributed by atoms with E-state index in [0.717, 1.165) is 47.1 Å². The number of hydrogen-bond donors (Lipinski definition) is 2. The van der Waals surface area contributed by atoms with E-state index in [1.165, 1.54) is 0 Å². The first kappa shape index (κ1) is 17.8. The number of methoxy groups -OCH3 is 1. The summed E-state index contributed by atoms with van der Waals surface area (Å²) >= 11 is 0. The van der Waals surface area contributed by atoms with Gasteiger partial charge in [0, 0.05) is 32.1 Å². The topological polar surface area (TPSA) is 71.7 Å². The Bertz CT molecular complexity index is 658. The number of nitrogens with one attached hydrogen (secondary N) is 2. The Morgan fingerprint density at radius 3 is 2.67 bits per heavy atom. The lowest BCUT2D eigenvalue weighted by Gasteiger charge is -2.12. The van der Waals surface area contributed by atoms with Gasteiger partial charge in [0.15, 0.2) is 5.96 Å². The summed E-state index contributed by atoms with van der Waals surface area (Å²) in [5.74, 6) is 2.52. The van der Waals surface area contributed by atoms with Crippen molar-refractivity contribution in [3.05, 3.63) is 46.8 Å². The van der Waals surface area contributed by atoms with Crippen molar-refractivity contribution < 1.29 is 9.26 Å². The van der Waals surface area contributed by atoms with E-state index < -0.39 is 0 Å². The largest absolute Gasteiger partial charge is 0.497 e. The number of benzene rings is 1. The smallest absolute Gasteiger partial charge is 0.191 e. The molecule has 0 spiro atoms. The Balaban J connectivity index is 1.94. The molecule has 0 saturated heterocycles. The summed E-state index contributed by atoms with van der Waals surface area (Å²) in [6, 6.07) is 7.96. The van der Waals surface area contributed by atoms with Crippen molar-refractivity contribution in [1.29, 1.82) is 0 Å². The van der Waals surface area contributed by atoms with Gasteiger partial charge in [-0.3, -0.25) is 4.99 Å².